The fourth-order valence-corrected chi connectivity index (χ4v) is 0.291. The van der Waals surface area contributed by atoms with Gasteiger partial charge in [0.05, 0.1) is 6.67 Å². The van der Waals surface area contributed by atoms with Gasteiger partial charge in [-0.3, -0.25) is 9.38 Å². The fourth-order valence-electron chi connectivity index (χ4n) is 0.291. The monoisotopic (exact) mass is 116 g/mol. The van der Waals surface area contributed by atoms with E-state index in [1.54, 1.807) is 0 Å². The number of hydrogen-bond acceptors (Lipinski definition) is 2. The van der Waals surface area contributed by atoms with Gasteiger partial charge in [0.15, 0.2) is 0 Å². The summed E-state index contributed by atoms with van der Waals surface area (Å²) in [6.45, 7) is 2.72. The van der Waals surface area contributed by atoms with Crippen molar-refractivity contribution < 1.29 is 4.39 Å². The number of halogens is 1. The third kappa shape index (κ3) is 3.33. The number of allylic oxidation sites excluding steroid dienone is 1. The van der Waals surface area contributed by atoms with E-state index in [2.05, 4.69) is 11.7 Å². The zero-order chi connectivity index (χ0) is 6.41. The Morgan fingerprint density at radius 3 is 2.88 bits per heavy atom. The molecule has 3 heteroatoms. The summed E-state index contributed by atoms with van der Waals surface area (Å²) in [5, 5.41) is 0. The highest BCUT2D eigenvalue weighted by molar-refractivity contribution is 5.26. The molecule has 0 aliphatic carbocycles. The van der Waals surface area contributed by atoms with Crippen molar-refractivity contribution in [1.29, 1.82) is 0 Å². The Balaban J connectivity index is 3.44. The molecule has 0 fully saturated rings. The average Bonchev–Trinajstić information content (AvgIpc) is 1.68. The molecule has 0 amide bonds. The largest absolute Gasteiger partial charge is 0.401 e. The molecule has 2 nitrogen and oxygen atoms in total. The van der Waals surface area contributed by atoms with Crippen LogP contribution < -0.4 is 5.73 Å². The molecule has 0 spiro atoms. The van der Waals surface area contributed by atoms with Crippen molar-refractivity contribution in [3.05, 3.63) is 11.9 Å². The second kappa shape index (κ2) is 4.30. The molecule has 0 bridgehead atoms. The normalized spacial score (nSPS) is 11.4. The molecule has 0 aromatic heterocycles. The van der Waals surface area contributed by atoms with Gasteiger partial charge >= 0.3 is 0 Å². The molecule has 0 atom stereocenters. The van der Waals surface area contributed by atoms with Gasteiger partial charge in [-0.25, -0.2) is 0 Å². The molecular formula is C5H9FN2. The van der Waals surface area contributed by atoms with E-state index in [9.17, 15) is 4.39 Å². The first kappa shape index (κ1) is 7.14. The lowest BCUT2D eigenvalue weighted by Crippen LogP contribution is -1.96. The van der Waals surface area contributed by atoms with Gasteiger partial charge < -0.3 is 5.73 Å². The lowest BCUT2D eigenvalue weighted by Gasteiger charge is -1.89. The molecule has 0 aliphatic heterocycles. The summed E-state index contributed by atoms with van der Waals surface area (Å²) in [5.41, 5.74) is 5.61. The van der Waals surface area contributed by atoms with Gasteiger partial charge in [0.1, 0.15) is 0 Å². The SMILES string of the molecule is C=N/C=C(/N)CCF. The second-order valence-electron chi connectivity index (χ2n) is 1.33. The van der Waals surface area contributed by atoms with Crippen LogP contribution in [0.1, 0.15) is 6.42 Å². The van der Waals surface area contributed by atoms with Crippen molar-refractivity contribution in [2.75, 3.05) is 6.67 Å². The average molecular weight is 116 g/mol. The standard InChI is InChI=1S/C5H9FN2/c1-8-4-5(7)2-3-6/h4H,1-3,7H2/b5-4+. The number of nitrogens with zero attached hydrogens (tertiary/aromatic N) is 1. The molecule has 8 heavy (non-hydrogen) atoms. The Morgan fingerprint density at radius 2 is 2.50 bits per heavy atom. The number of rotatable bonds is 3. The van der Waals surface area contributed by atoms with Gasteiger partial charge in [-0.1, -0.05) is 0 Å². The van der Waals surface area contributed by atoms with Crippen LogP contribution in [0.4, 0.5) is 4.39 Å². The predicted molar refractivity (Wildman–Crippen MR) is 32.4 cm³/mol. The summed E-state index contributed by atoms with van der Waals surface area (Å²) in [6, 6.07) is 0. The van der Waals surface area contributed by atoms with E-state index in [0.29, 0.717) is 5.70 Å². The van der Waals surface area contributed by atoms with Crippen molar-refractivity contribution in [1.82, 2.24) is 0 Å². The Labute approximate surface area is 47.9 Å². The number of alkyl halides is 1. The van der Waals surface area contributed by atoms with Crippen molar-refractivity contribution in [2.24, 2.45) is 10.7 Å². The molecular weight excluding hydrogens is 107 g/mol. The summed E-state index contributed by atoms with van der Waals surface area (Å²) >= 11 is 0. The van der Waals surface area contributed by atoms with E-state index in [4.69, 9.17) is 5.73 Å². The molecule has 0 aliphatic rings. The summed E-state index contributed by atoms with van der Waals surface area (Å²) in [7, 11) is 0. The first-order valence-corrected chi connectivity index (χ1v) is 2.27. The highest BCUT2D eigenvalue weighted by Gasteiger charge is 1.84. The Morgan fingerprint density at radius 1 is 1.88 bits per heavy atom. The topological polar surface area (TPSA) is 38.4 Å². The van der Waals surface area contributed by atoms with Crippen molar-refractivity contribution >= 4 is 6.72 Å². The third-order valence-electron chi connectivity index (χ3n) is 0.640. The molecule has 0 aromatic carbocycles. The quantitative estimate of drug-likeness (QED) is 0.545. The van der Waals surface area contributed by atoms with Crippen LogP contribution >= 0.6 is 0 Å². The molecule has 0 radical (unpaired) electrons. The Kier molecular flexibility index (Phi) is 3.84. The van der Waals surface area contributed by atoms with Crippen LogP contribution in [0.15, 0.2) is 16.9 Å². The van der Waals surface area contributed by atoms with Crippen LogP contribution in [-0.4, -0.2) is 13.4 Å². The van der Waals surface area contributed by atoms with Crippen molar-refractivity contribution in [3.63, 3.8) is 0 Å². The predicted octanol–water partition coefficient (Wildman–Crippen LogP) is 0.847. The van der Waals surface area contributed by atoms with E-state index < -0.39 is 6.67 Å². The van der Waals surface area contributed by atoms with Gasteiger partial charge in [-0.2, -0.15) is 0 Å². The van der Waals surface area contributed by atoms with Gasteiger partial charge in [0, 0.05) is 18.3 Å². The van der Waals surface area contributed by atoms with Gasteiger partial charge in [-0.15, -0.1) is 0 Å². The number of nitrogens with two attached hydrogens (primary N) is 1. The molecule has 0 aromatic rings. The van der Waals surface area contributed by atoms with Crippen LogP contribution in [0.3, 0.4) is 0 Å². The van der Waals surface area contributed by atoms with Gasteiger partial charge in [-0.05, 0) is 6.72 Å². The van der Waals surface area contributed by atoms with Crippen LogP contribution in [0.5, 0.6) is 0 Å². The highest BCUT2D eigenvalue weighted by atomic mass is 19.1. The van der Waals surface area contributed by atoms with E-state index in [1.165, 1.54) is 6.20 Å². The first-order valence-electron chi connectivity index (χ1n) is 2.27. The molecule has 0 unspecified atom stereocenters. The molecule has 0 heterocycles. The summed E-state index contributed by atoms with van der Waals surface area (Å²) in [5.74, 6) is 0. The minimum absolute atomic E-state index is 0.249. The van der Waals surface area contributed by atoms with E-state index in [0.717, 1.165) is 0 Å². The van der Waals surface area contributed by atoms with Gasteiger partial charge in [0.2, 0.25) is 0 Å². The minimum atomic E-state index is -0.433. The number of hydrogen-bond donors (Lipinski definition) is 1. The van der Waals surface area contributed by atoms with Crippen LogP contribution in [0, 0.1) is 0 Å². The first-order chi connectivity index (χ1) is 3.81. The van der Waals surface area contributed by atoms with Crippen molar-refractivity contribution in [2.45, 2.75) is 6.42 Å². The smallest absolute Gasteiger partial charge is 0.0949 e. The highest BCUT2D eigenvalue weighted by Crippen LogP contribution is 1.91. The van der Waals surface area contributed by atoms with Crippen molar-refractivity contribution in [3.8, 4) is 0 Å². The maximum absolute atomic E-state index is 11.4. The Bertz CT molecular complexity index is 98.6. The zero-order valence-corrected chi connectivity index (χ0v) is 4.60. The molecule has 0 saturated carbocycles. The van der Waals surface area contributed by atoms with Crippen LogP contribution in [0.25, 0.3) is 0 Å². The molecule has 0 saturated heterocycles. The maximum atomic E-state index is 11.4. The Hall–Kier alpha value is -0.860. The zero-order valence-electron chi connectivity index (χ0n) is 4.60. The second-order valence-corrected chi connectivity index (χ2v) is 1.33. The fraction of sp³-hybridized carbons (Fsp3) is 0.400. The maximum Gasteiger partial charge on any atom is 0.0949 e. The van der Waals surface area contributed by atoms with E-state index >= 15 is 0 Å². The van der Waals surface area contributed by atoms with Crippen LogP contribution in [0.2, 0.25) is 0 Å². The lowest BCUT2D eigenvalue weighted by molar-refractivity contribution is 0.492. The minimum Gasteiger partial charge on any atom is -0.401 e. The van der Waals surface area contributed by atoms with Gasteiger partial charge in [0.25, 0.3) is 0 Å². The number of aliphatic imine (C=N–C) groups is 1. The lowest BCUT2D eigenvalue weighted by atomic mass is 10.4. The molecule has 46 valence electrons. The summed E-state index contributed by atoms with van der Waals surface area (Å²) in [6.07, 6.45) is 1.60. The summed E-state index contributed by atoms with van der Waals surface area (Å²) < 4.78 is 11.4. The van der Waals surface area contributed by atoms with E-state index in [1.807, 2.05) is 0 Å². The third-order valence-corrected chi connectivity index (χ3v) is 0.640. The van der Waals surface area contributed by atoms with E-state index in [-0.39, 0.29) is 6.42 Å². The molecule has 2 N–H and O–H groups in total. The molecule has 0 rings (SSSR count). The van der Waals surface area contributed by atoms with Crippen LogP contribution in [-0.2, 0) is 0 Å². The summed E-state index contributed by atoms with van der Waals surface area (Å²) in [4.78, 5) is 3.35.